The number of nitrogen functional groups attached to an aromatic ring is 1. The molecule has 2 aromatic carbocycles. The molecule has 0 radical (unpaired) electrons. The number of benzene rings is 2. The Morgan fingerprint density at radius 3 is 2.55 bits per heavy atom. The van der Waals surface area contributed by atoms with E-state index in [1.807, 2.05) is 70.3 Å². The van der Waals surface area contributed by atoms with Gasteiger partial charge in [0.1, 0.15) is 29.3 Å². The summed E-state index contributed by atoms with van der Waals surface area (Å²) in [6.45, 7) is 3.87. The lowest BCUT2D eigenvalue weighted by Crippen LogP contribution is -2.30. The van der Waals surface area contributed by atoms with Crippen molar-refractivity contribution in [2.45, 2.75) is 12.5 Å². The topological polar surface area (TPSA) is 106 Å². The second kappa shape index (κ2) is 12.3. The molecule has 1 saturated heterocycles. The van der Waals surface area contributed by atoms with E-state index in [-0.39, 0.29) is 11.9 Å². The number of nitrogens with two attached hydrogens (primary N) is 1. The first-order valence-corrected chi connectivity index (χ1v) is 13.5. The van der Waals surface area contributed by atoms with Crippen LogP contribution in [-0.4, -0.2) is 94.2 Å². The molecule has 1 unspecified atom stereocenters. The summed E-state index contributed by atoms with van der Waals surface area (Å²) in [4.78, 5) is 27.9. The van der Waals surface area contributed by atoms with Gasteiger partial charge in [-0.2, -0.15) is 5.10 Å². The van der Waals surface area contributed by atoms with E-state index >= 15 is 0 Å². The molecule has 3 heterocycles. The Kier molecular flexibility index (Phi) is 8.37. The summed E-state index contributed by atoms with van der Waals surface area (Å²) in [7, 11) is 6.17. The number of carbonyl (C=O) groups is 1. The number of para-hydroxylation sites is 1. The number of carbonyl (C=O) groups excluding carboxylic acids is 1. The molecule has 1 atom stereocenters. The zero-order valence-electron chi connectivity index (χ0n) is 23.3. The number of rotatable bonds is 10. The highest BCUT2D eigenvalue weighted by Crippen LogP contribution is 2.35. The molecule has 1 fully saturated rings. The third-order valence-corrected chi connectivity index (χ3v) is 7.05. The molecule has 0 aliphatic carbocycles. The fourth-order valence-electron chi connectivity index (χ4n) is 4.80. The second-order valence-electron chi connectivity index (χ2n) is 10.4. The van der Waals surface area contributed by atoms with E-state index in [1.54, 1.807) is 6.08 Å². The van der Waals surface area contributed by atoms with Gasteiger partial charge in [0.25, 0.3) is 0 Å². The first kappa shape index (κ1) is 27.3. The highest BCUT2D eigenvalue weighted by atomic mass is 16.5. The zero-order valence-corrected chi connectivity index (χ0v) is 23.3. The molecule has 2 N–H and O–H groups in total. The van der Waals surface area contributed by atoms with Crippen LogP contribution in [0.25, 0.3) is 22.3 Å². The highest BCUT2D eigenvalue weighted by molar-refractivity contribution is 5.98. The van der Waals surface area contributed by atoms with E-state index in [9.17, 15) is 4.79 Å². The van der Waals surface area contributed by atoms with Gasteiger partial charge in [0.05, 0.1) is 11.4 Å². The maximum atomic E-state index is 12.9. The van der Waals surface area contributed by atoms with Crippen LogP contribution in [0, 0.1) is 0 Å². The molecule has 0 spiro atoms. The van der Waals surface area contributed by atoms with Gasteiger partial charge < -0.3 is 25.2 Å². The van der Waals surface area contributed by atoms with Crippen molar-refractivity contribution in [3.8, 4) is 22.8 Å². The van der Waals surface area contributed by atoms with Gasteiger partial charge in [-0.15, -0.1) is 0 Å². The Morgan fingerprint density at radius 2 is 1.80 bits per heavy atom. The van der Waals surface area contributed by atoms with Crippen molar-refractivity contribution in [2.75, 3.05) is 59.6 Å². The van der Waals surface area contributed by atoms with Crippen molar-refractivity contribution < 1.29 is 9.53 Å². The molecule has 1 amide bonds. The minimum absolute atomic E-state index is 0.00801. The Morgan fingerprint density at radius 1 is 1.05 bits per heavy atom. The minimum Gasteiger partial charge on any atom is -0.457 e. The average Bonchev–Trinajstić information content (AvgIpc) is 3.59. The van der Waals surface area contributed by atoms with E-state index in [4.69, 9.17) is 15.6 Å². The summed E-state index contributed by atoms with van der Waals surface area (Å²) in [6, 6.07) is 17.4. The number of amides is 1. The summed E-state index contributed by atoms with van der Waals surface area (Å²) in [5, 5.41) is 5.67. The molecule has 40 heavy (non-hydrogen) atoms. The number of ether oxygens (including phenoxy) is 1. The number of hydrogen-bond acceptors (Lipinski definition) is 8. The number of likely N-dealkylation sites (tertiary alicyclic amines) is 1. The molecule has 5 rings (SSSR count). The van der Waals surface area contributed by atoms with Crippen LogP contribution in [0.4, 0.5) is 5.82 Å². The molecular weight excluding hydrogens is 504 g/mol. The number of hydrogen-bond donors (Lipinski definition) is 1. The molecule has 4 aromatic rings. The molecule has 1 aliphatic rings. The van der Waals surface area contributed by atoms with Gasteiger partial charge in [-0.05, 0) is 64.0 Å². The lowest BCUT2D eigenvalue weighted by molar-refractivity contribution is -0.125. The number of anilines is 1. The van der Waals surface area contributed by atoms with Crippen LogP contribution in [0.5, 0.6) is 11.5 Å². The number of aromatic nitrogens is 4. The van der Waals surface area contributed by atoms with Crippen LogP contribution in [-0.2, 0) is 4.79 Å². The molecular formula is C30H36N8O2. The molecule has 0 saturated carbocycles. The van der Waals surface area contributed by atoms with Crippen LogP contribution in [0.15, 0.2) is 73.1 Å². The first-order valence-electron chi connectivity index (χ1n) is 13.5. The predicted molar refractivity (Wildman–Crippen MR) is 157 cm³/mol. The lowest BCUT2D eigenvalue weighted by atomic mass is 10.1. The molecule has 10 heteroatoms. The SMILES string of the molecule is CN(C)CCN(C)CC=CC(=O)N1CCC(n2nc(-c3ccc(Oc4ccccc4)cc3)c3c(N)ncnc32)C1. The van der Waals surface area contributed by atoms with Gasteiger partial charge in [-0.1, -0.05) is 24.3 Å². The van der Waals surface area contributed by atoms with Crippen LogP contribution in [0.1, 0.15) is 12.5 Å². The van der Waals surface area contributed by atoms with Crippen molar-refractivity contribution in [3.05, 3.63) is 73.1 Å². The fraction of sp³-hybridized carbons (Fsp3) is 0.333. The normalized spacial score (nSPS) is 15.6. The number of nitrogens with zero attached hydrogens (tertiary/aromatic N) is 7. The van der Waals surface area contributed by atoms with Crippen molar-refractivity contribution in [1.82, 2.24) is 34.4 Å². The maximum Gasteiger partial charge on any atom is 0.246 e. The third-order valence-electron chi connectivity index (χ3n) is 7.05. The van der Waals surface area contributed by atoms with E-state index in [0.29, 0.717) is 35.6 Å². The molecule has 0 bridgehead atoms. The zero-order chi connectivity index (χ0) is 28.1. The number of fused-ring (bicyclic) bond motifs is 1. The number of likely N-dealkylation sites (N-methyl/N-ethyl adjacent to an activating group) is 2. The summed E-state index contributed by atoms with van der Waals surface area (Å²) in [5.74, 6) is 1.89. The lowest BCUT2D eigenvalue weighted by Gasteiger charge is -2.18. The first-order chi connectivity index (χ1) is 19.4. The van der Waals surface area contributed by atoms with E-state index < -0.39 is 0 Å². The molecule has 1 aliphatic heterocycles. The maximum absolute atomic E-state index is 12.9. The summed E-state index contributed by atoms with van der Waals surface area (Å²) < 4.78 is 7.85. The van der Waals surface area contributed by atoms with E-state index in [1.165, 1.54) is 6.33 Å². The Hall–Kier alpha value is -4.28. The van der Waals surface area contributed by atoms with Crippen molar-refractivity contribution in [3.63, 3.8) is 0 Å². The van der Waals surface area contributed by atoms with Crippen LogP contribution >= 0.6 is 0 Å². The highest BCUT2D eigenvalue weighted by Gasteiger charge is 2.30. The van der Waals surface area contributed by atoms with Gasteiger partial charge in [0.2, 0.25) is 5.91 Å². The van der Waals surface area contributed by atoms with E-state index in [2.05, 4.69) is 40.9 Å². The predicted octanol–water partition coefficient (Wildman–Crippen LogP) is 3.69. The van der Waals surface area contributed by atoms with Gasteiger partial charge in [-0.3, -0.25) is 4.79 Å². The van der Waals surface area contributed by atoms with Gasteiger partial charge >= 0.3 is 0 Å². The van der Waals surface area contributed by atoms with Crippen LogP contribution in [0.3, 0.4) is 0 Å². The fourth-order valence-corrected chi connectivity index (χ4v) is 4.80. The quantitative estimate of drug-likeness (QED) is 0.304. The molecule has 10 nitrogen and oxygen atoms in total. The van der Waals surface area contributed by atoms with E-state index in [0.717, 1.165) is 43.1 Å². The van der Waals surface area contributed by atoms with Crippen molar-refractivity contribution >= 4 is 22.8 Å². The second-order valence-corrected chi connectivity index (χ2v) is 10.4. The van der Waals surface area contributed by atoms with Gasteiger partial charge in [0.15, 0.2) is 5.65 Å². The Balaban J connectivity index is 1.30. The summed E-state index contributed by atoms with van der Waals surface area (Å²) in [5.41, 5.74) is 8.59. The van der Waals surface area contributed by atoms with Crippen molar-refractivity contribution in [1.29, 1.82) is 0 Å². The summed E-state index contributed by atoms with van der Waals surface area (Å²) >= 11 is 0. The van der Waals surface area contributed by atoms with Crippen molar-refractivity contribution in [2.24, 2.45) is 0 Å². The molecule has 2 aromatic heterocycles. The average molecular weight is 541 g/mol. The summed E-state index contributed by atoms with van der Waals surface area (Å²) in [6.07, 6.45) is 5.86. The largest absolute Gasteiger partial charge is 0.457 e. The van der Waals surface area contributed by atoms with Gasteiger partial charge in [0, 0.05) is 44.4 Å². The van der Waals surface area contributed by atoms with Crippen LogP contribution < -0.4 is 10.5 Å². The Bertz CT molecular complexity index is 1470. The monoisotopic (exact) mass is 540 g/mol. The standard InChI is InChI=1S/C30H36N8O2/c1-35(2)18-19-36(3)16-7-10-26(39)37-17-15-23(20-37)38-30-27(29(31)32-21-33-30)28(34-38)22-11-13-25(14-12-22)40-24-8-5-4-6-9-24/h4-14,21,23H,15-20H2,1-3H3,(H2,31,32,33). The van der Waals surface area contributed by atoms with Gasteiger partial charge in [-0.25, -0.2) is 14.6 Å². The molecule has 208 valence electrons. The third kappa shape index (κ3) is 6.30. The smallest absolute Gasteiger partial charge is 0.246 e. The minimum atomic E-state index is -0.00801. The van der Waals surface area contributed by atoms with Crippen LogP contribution in [0.2, 0.25) is 0 Å². The Labute approximate surface area is 234 Å².